The Morgan fingerprint density at radius 1 is 0.929 bits per heavy atom. The molecule has 4 rings (SSSR count). The van der Waals surface area contributed by atoms with E-state index in [2.05, 4.69) is 59.1 Å². The molecule has 0 atom stereocenters. The van der Waals surface area contributed by atoms with E-state index in [0.717, 1.165) is 33.7 Å². The number of rotatable bonds is 6. The van der Waals surface area contributed by atoms with Crippen molar-refractivity contribution in [3.63, 3.8) is 0 Å². The van der Waals surface area contributed by atoms with Gasteiger partial charge in [-0.1, -0.05) is 74.1 Å². The van der Waals surface area contributed by atoms with E-state index in [1.54, 1.807) is 11.8 Å². The first-order chi connectivity index (χ1) is 13.6. The van der Waals surface area contributed by atoms with Crippen molar-refractivity contribution in [2.24, 2.45) is 7.05 Å². The summed E-state index contributed by atoms with van der Waals surface area (Å²) >= 11 is 1.69. The highest BCUT2D eigenvalue weighted by Crippen LogP contribution is 2.30. The third kappa shape index (κ3) is 3.73. The molecular weight excluding hydrogens is 366 g/mol. The molecule has 2 aromatic heterocycles. The van der Waals surface area contributed by atoms with Gasteiger partial charge in [-0.3, -0.25) is 0 Å². The van der Waals surface area contributed by atoms with Crippen LogP contribution in [0, 0.1) is 0 Å². The molecule has 0 aliphatic heterocycles. The largest absolute Gasteiger partial charge is 0.309 e. The maximum Gasteiger partial charge on any atom is 0.191 e. The first-order valence-electron chi connectivity index (χ1n) is 9.35. The summed E-state index contributed by atoms with van der Waals surface area (Å²) in [5.41, 5.74) is 4.35. The lowest BCUT2D eigenvalue weighted by Crippen LogP contribution is -2.00. The van der Waals surface area contributed by atoms with Crippen molar-refractivity contribution in [3.05, 3.63) is 78.2 Å². The minimum Gasteiger partial charge on any atom is -0.309 e. The SMILES string of the molecule is CC(C)c1nnc(SCc2cn(-c3ccccc3)nc2-c2ccccc2)n1C. The van der Waals surface area contributed by atoms with Crippen molar-refractivity contribution in [2.75, 3.05) is 0 Å². The molecule has 0 fully saturated rings. The summed E-state index contributed by atoms with van der Waals surface area (Å²) in [4.78, 5) is 0. The Balaban J connectivity index is 1.66. The van der Waals surface area contributed by atoms with E-state index in [4.69, 9.17) is 5.10 Å². The second kappa shape index (κ2) is 8.02. The number of hydrogen-bond acceptors (Lipinski definition) is 4. The van der Waals surface area contributed by atoms with Crippen LogP contribution >= 0.6 is 11.8 Å². The van der Waals surface area contributed by atoms with Gasteiger partial charge in [0.1, 0.15) is 5.82 Å². The first kappa shape index (κ1) is 18.5. The molecule has 2 heterocycles. The lowest BCUT2D eigenvalue weighted by atomic mass is 10.1. The van der Waals surface area contributed by atoms with Gasteiger partial charge in [-0.05, 0) is 12.1 Å². The quantitative estimate of drug-likeness (QED) is 0.431. The van der Waals surface area contributed by atoms with Gasteiger partial charge in [-0.2, -0.15) is 5.10 Å². The van der Waals surface area contributed by atoms with Crippen LogP contribution < -0.4 is 0 Å². The van der Waals surface area contributed by atoms with Gasteiger partial charge in [0, 0.05) is 36.0 Å². The molecule has 6 heteroatoms. The minimum atomic E-state index is 0.354. The number of para-hydroxylation sites is 1. The molecular formula is C22H23N5S. The molecule has 0 spiro atoms. The molecule has 0 saturated carbocycles. The van der Waals surface area contributed by atoms with Gasteiger partial charge in [0.05, 0.1) is 11.4 Å². The van der Waals surface area contributed by atoms with Crippen LogP contribution in [0.4, 0.5) is 0 Å². The minimum absolute atomic E-state index is 0.354. The zero-order valence-electron chi connectivity index (χ0n) is 16.3. The highest BCUT2D eigenvalue weighted by molar-refractivity contribution is 7.98. The zero-order chi connectivity index (χ0) is 19.5. The second-order valence-electron chi connectivity index (χ2n) is 6.99. The zero-order valence-corrected chi connectivity index (χ0v) is 17.1. The Morgan fingerprint density at radius 3 is 2.25 bits per heavy atom. The summed E-state index contributed by atoms with van der Waals surface area (Å²) in [6.45, 7) is 4.27. The Labute approximate surface area is 169 Å². The monoisotopic (exact) mass is 389 g/mol. The summed E-state index contributed by atoms with van der Waals surface area (Å²) in [7, 11) is 2.03. The number of benzene rings is 2. The molecule has 28 heavy (non-hydrogen) atoms. The van der Waals surface area contributed by atoms with Crippen molar-refractivity contribution < 1.29 is 0 Å². The van der Waals surface area contributed by atoms with E-state index in [0.29, 0.717) is 5.92 Å². The van der Waals surface area contributed by atoms with Gasteiger partial charge in [-0.15, -0.1) is 10.2 Å². The van der Waals surface area contributed by atoms with Gasteiger partial charge >= 0.3 is 0 Å². The van der Waals surface area contributed by atoms with Crippen LogP contribution in [0.15, 0.2) is 72.0 Å². The molecule has 0 aliphatic rings. The van der Waals surface area contributed by atoms with E-state index in [-0.39, 0.29) is 0 Å². The Bertz CT molecular complexity index is 1050. The van der Waals surface area contributed by atoms with E-state index in [1.807, 2.05) is 48.1 Å². The number of thioether (sulfide) groups is 1. The van der Waals surface area contributed by atoms with E-state index < -0.39 is 0 Å². The summed E-state index contributed by atoms with van der Waals surface area (Å²) < 4.78 is 4.04. The smallest absolute Gasteiger partial charge is 0.191 e. The van der Waals surface area contributed by atoms with Crippen molar-refractivity contribution in [1.82, 2.24) is 24.5 Å². The standard InChI is InChI=1S/C22H23N5S/c1-16(2)21-23-24-22(26(21)3)28-15-18-14-27(19-12-8-5-9-13-19)25-20(18)17-10-6-4-7-11-17/h4-14,16H,15H2,1-3H3. The van der Waals surface area contributed by atoms with Gasteiger partial charge in [0.2, 0.25) is 0 Å². The van der Waals surface area contributed by atoms with Gasteiger partial charge in [0.15, 0.2) is 5.16 Å². The predicted molar refractivity (Wildman–Crippen MR) is 114 cm³/mol. The average Bonchev–Trinajstić information content (AvgIpc) is 3.31. The third-order valence-electron chi connectivity index (χ3n) is 4.60. The molecule has 0 unspecified atom stereocenters. The molecule has 2 aromatic carbocycles. The van der Waals surface area contributed by atoms with Gasteiger partial charge in [-0.25, -0.2) is 4.68 Å². The normalized spacial score (nSPS) is 11.3. The molecule has 5 nitrogen and oxygen atoms in total. The third-order valence-corrected chi connectivity index (χ3v) is 5.67. The molecule has 0 amide bonds. The molecule has 0 aliphatic carbocycles. The Morgan fingerprint density at radius 2 is 1.61 bits per heavy atom. The van der Waals surface area contributed by atoms with Gasteiger partial charge in [0.25, 0.3) is 0 Å². The predicted octanol–water partition coefficient (Wildman–Crippen LogP) is 5.08. The Hall–Kier alpha value is -2.86. The fourth-order valence-corrected chi connectivity index (χ4v) is 4.05. The topological polar surface area (TPSA) is 48.5 Å². The summed E-state index contributed by atoms with van der Waals surface area (Å²) in [5, 5.41) is 14.5. The van der Waals surface area contributed by atoms with Crippen molar-refractivity contribution in [3.8, 4) is 16.9 Å². The number of hydrogen-bond donors (Lipinski definition) is 0. The molecule has 0 bridgehead atoms. The fourth-order valence-electron chi connectivity index (χ4n) is 3.16. The van der Waals surface area contributed by atoms with Crippen LogP contribution in [0.3, 0.4) is 0 Å². The molecule has 4 aromatic rings. The summed E-state index contributed by atoms with van der Waals surface area (Å²) in [5.74, 6) is 2.14. The lowest BCUT2D eigenvalue weighted by Gasteiger charge is -2.06. The Kier molecular flexibility index (Phi) is 5.30. The highest BCUT2D eigenvalue weighted by atomic mass is 32.2. The van der Waals surface area contributed by atoms with Crippen LogP contribution in [-0.4, -0.2) is 24.5 Å². The van der Waals surface area contributed by atoms with Gasteiger partial charge < -0.3 is 4.57 Å². The molecule has 0 saturated heterocycles. The van der Waals surface area contributed by atoms with Crippen LogP contribution in [-0.2, 0) is 12.8 Å². The maximum atomic E-state index is 4.88. The first-order valence-corrected chi connectivity index (χ1v) is 10.3. The van der Waals surface area contributed by atoms with Crippen LogP contribution in [0.2, 0.25) is 0 Å². The second-order valence-corrected chi connectivity index (χ2v) is 7.93. The van der Waals surface area contributed by atoms with E-state index in [1.165, 1.54) is 5.56 Å². The van der Waals surface area contributed by atoms with Crippen LogP contribution in [0.1, 0.15) is 31.2 Å². The maximum absolute atomic E-state index is 4.88. The van der Waals surface area contributed by atoms with Crippen molar-refractivity contribution in [1.29, 1.82) is 0 Å². The van der Waals surface area contributed by atoms with Crippen molar-refractivity contribution >= 4 is 11.8 Å². The van der Waals surface area contributed by atoms with Crippen molar-refractivity contribution in [2.45, 2.75) is 30.7 Å². The van der Waals surface area contributed by atoms with Crippen LogP contribution in [0.25, 0.3) is 16.9 Å². The molecule has 0 radical (unpaired) electrons. The van der Waals surface area contributed by atoms with E-state index in [9.17, 15) is 0 Å². The molecule has 0 N–H and O–H groups in total. The number of aromatic nitrogens is 5. The highest BCUT2D eigenvalue weighted by Gasteiger charge is 2.16. The average molecular weight is 390 g/mol. The number of nitrogens with zero attached hydrogens (tertiary/aromatic N) is 5. The molecule has 142 valence electrons. The summed E-state index contributed by atoms with van der Waals surface area (Å²) in [6, 6.07) is 20.5. The van der Waals surface area contributed by atoms with E-state index >= 15 is 0 Å². The fraction of sp³-hybridized carbons (Fsp3) is 0.227. The lowest BCUT2D eigenvalue weighted by molar-refractivity contribution is 0.680. The van der Waals surface area contributed by atoms with Crippen LogP contribution in [0.5, 0.6) is 0 Å². The summed E-state index contributed by atoms with van der Waals surface area (Å²) in [6.07, 6.45) is 2.12.